The molecule has 0 spiro atoms. The summed E-state index contributed by atoms with van der Waals surface area (Å²) in [4.78, 5) is 20.8. The molecule has 1 aromatic carbocycles. The number of piperazine rings is 1. The van der Waals surface area contributed by atoms with Crippen molar-refractivity contribution in [1.29, 1.82) is 0 Å². The van der Waals surface area contributed by atoms with Gasteiger partial charge in [-0.2, -0.15) is 0 Å². The lowest BCUT2D eigenvalue weighted by atomic mass is 10.2. The first-order chi connectivity index (χ1) is 13.7. The van der Waals surface area contributed by atoms with E-state index in [0.717, 1.165) is 18.9 Å². The van der Waals surface area contributed by atoms with Gasteiger partial charge in [-0.15, -0.1) is 0 Å². The van der Waals surface area contributed by atoms with Crippen LogP contribution in [0.1, 0.15) is 16.1 Å². The summed E-state index contributed by atoms with van der Waals surface area (Å²) in [5.41, 5.74) is 1.14. The number of amides is 1. The van der Waals surface area contributed by atoms with Gasteiger partial charge in [0.1, 0.15) is 17.4 Å². The van der Waals surface area contributed by atoms with Gasteiger partial charge in [0.25, 0.3) is 5.91 Å². The number of para-hydroxylation sites is 1. The first-order valence-corrected chi connectivity index (χ1v) is 9.22. The van der Waals surface area contributed by atoms with Crippen molar-refractivity contribution in [2.75, 3.05) is 36.0 Å². The highest BCUT2D eigenvalue weighted by Crippen LogP contribution is 2.22. The van der Waals surface area contributed by atoms with Crippen LogP contribution in [0.25, 0.3) is 0 Å². The zero-order chi connectivity index (χ0) is 19.3. The van der Waals surface area contributed by atoms with Crippen molar-refractivity contribution in [2.45, 2.75) is 6.54 Å². The summed E-state index contributed by atoms with van der Waals surface area (Å²) in [5.74, 6) is 1.13. The molecule has 1 aliphatic heterocycles. The number of nitrogens with one attached hydrogen (secondary N) is 1. The molecule has 0 bridgehead atoms. The Balaban J connectivity index is 1.33. The highest BCUT2D eigenvalue weighted by Gasteiger charge is 2.20. The minimum absolute atomic E-state index is 0.195. The third kappa shape index (κ3) is 3.98. The maximum atomic E-state index is 14.0. The summed E-state index contributed by atoms with van der Waals surface area (Å²) in [5, 5.41) is 2.80. The molecule has 1 amide bonds. The lowest BCUT2D eigenvalue weighted by Gasteiger charge is -2.36. The first-order valence-electron chi connectivity index (χ1n) is 9.22. The van der Waals surface area contributed by atoms with E-state index in [1.54, 1.807) is 36.7 Å². The zero-order valence-corrected chi connectivity index (χ0v) is 15.3. The van der Waals surface area contributed by atoms with E-state index >= 15 is 0 Å². The fourth-order valence-corrected chi connectivity index (χ4v) is 3.27. The average molecular weight is 380 g/mol. The minimum atomic E-state index is -0.195. The molecule has 6 nitrogen and oxygen atoms in total. The maximum Gasteiger partial charge on any atom is 0.253 e. The monoisotopic (exact) mass is 380 g/mol. The number of carbonyl (C=O) groups excluding carboxylic acids is 1. The highest BCUT2D eigenvalue weighted by atomic mass is 19.1. The van der Waals surface area contributed by atoms with E-state index in [9.17, 15) is 9.18 Å². The van der Waals surface area contributed by atoms with E-state index in [-0.39, 0.29) is 11.7 Å². The highest BCUT2D eigenvalue weighted by molar-refractivity contribution is 5.93. The van der Waals surface area contributed by atoms with Gasteiger partial charge in [-0.25, -0.2) is 9.37 Å². The Morgan fingerprint density at radius 1 is 1.04 bits per heavy atom. The Morgan fingerprint density at radius 2 is 1.82 bits per heavy atom. The molecule has 7 heteroatoms. The summed E-state index contributed by atoms with van der Waals surface area (Å²) in [6, 6.07) is 14.0. The molecule has 0 unspecified atom stereocenters. The Morgan fingerprint density at radius 3 is 2.50 bits per heavy atom. The van der Waals surface area contributed by atoms with E-state index in [1.165, 1.54) is 6.07 Å². The molecule has 0 radical (unpaired) electrons. The fraction of sp³-hybridized carbons (Fsp3) is 0.238. The van der Waals surface area contributed by atoms with Crippen LogP contribution in [0, 0.1) is 5.82 Å². The van der Waals surface area contributed by atoms with Crippen LogP contribution in [0.3, 0.4) is 0 Å². The smallest absolute Gasteiger partial charge is 0.253 e. The van der Waals surface area contributed by atoms with Crippen LogP contribution in [-0.2, 0) is 6.54 Å². The summed E-state index contributed by atoms with van der Waals surface area (Å²) in [6.07, 6.45) is 3.15. The molecule has 0 saturated carbocycles. The van der Waals surface area contributed by atoms with Crippen molar-refractivity contribution < 1.29 is 13.6 Å². The number of aromatic nitrogens is 1. The molecule has 144 valence electrons. The van der Waals surface area contributed by atoms with E-state index in [2.05, 4.69) is 15.2 Å². The number of hydrogen-bond donors (Lipinski definition) is 1. The molecule has 4 rings (SSSR count). The SMILES string of the molecule is O=C(NCc1ccco1)c1ccc(N2CCN(c3ccccc3F)CC2)nc1. The molecule has 0 atom stereocenters. The van der Waals surface area contributed by atoms with Crippen molar-refractivity contribution in [3.8, 4) is 0 Å². The topological polar surface area (TPSA) is 61.6 Å². The van der Waals surface area contributed by atoms with Crippen LogP contribution in [0.2, 0.25) is 0 Å². The van der Waals surface area contributed by atoms with Crippen LogP contribution in [0.4, 0.5) is 15.9 Å². The van der Waals surface area contributed by atoms with Gasteiger partial charge in [-0.05, 0) is 36.4 Å². The Hall–Kier alpha value is -3.35. The van der Waals surface area contributed by atoms with Crippen LogP contribution < -0.4 is 15.1 Å². The van der Waals surface area contributed by atoms with Gasteiger partial charge in [0.15, 0.2) is 0 Å². The second-order valence-corrected chi connectivity index (χ2v) is 6.59. The molecule has 0 aliphatic carbocycles. The molecule has 2 aromatic heterocycles. The van der Waals surface area contributed by atoms with Gasteiger partial charge in [0.2, 0.25) is 0 Å². The van der Waals surface area contributed by atoms with Crippen LogP contribution >= 0.6 is 0 Å². The third-order valence-corrected chi connectivity index (χ3v) is 4.81. The van der Waals surface area contributed by atoms with E-state index < -0.39 is 0 Å². The van der Waals surface area contributed by atoms with Crippen LogP contribution in [0.5, 0.6) is 0 Å². The van der Waals surface area contributed by atoms with Crippen molar-refractivity contribution in [3.05, 3.63) is 78.1 Å². The van der Waals surface area contributed by atoms with E-state index in [4.69, 9.17) is 4.42 Å². The summed E-state index contributed by atoms with van der Waals surface area (Å²) < 4.78 is 19.2. The van der Waals surface area contributed by atoms with Gasteiger partial charge in [0, 0.05) is 32.4 Å². The second kappa shape index (κ2) is 8.12. The summed E-state index contributed by atoms with van der Waals surface area (Å²) in [7, 11) is 0. The lowest BCUT2D eigenvalue weighted by molar-refractivity contribution is 0.0947. The molecule has 1 aliphatic rings. The first kappa shape index (κ1) is 18.0. The van der Waals surface area contributed by atoms with Gasteiger partial charge in [-0.3, -0.25) is 4.79 Å². The van der Waals surface area contributed by atoms with Crippen molar-refractivity contribution >= 4 is 17.4 Å². The number of hydrogen-bond acceptors (Lipinski definition) is 5. The van der Waals surface area contributed by atoms with Crippen molar-refractivity contribution in [2.24, 2.45) is 0 Å². The zero-order valence-electron chi connectivity index (χ0n) is 15.3. The predicted octanol–water partition coefficient (Wildman–Crippen LogP) is 3.07. The second-order valence-electron chi connectivity index (χ2n) is 6.59. The van der Waals surface area contributed by atoms with E-state index in [0.29, 0.717) is 36.6 Å². The Kier molecular flexibility index (Phi) is 5.23. The number of anilines is 2. The number of rotatable bonds is 5. The Bertz CT molecular complexity index is 920. The standard InChI is InChI=1S/C21H21FN4O2/c22-18-5-1-2-6-19(18)25-9-11-26(12-10-25)20-8-7-16(14-23-20)21(27)24-15-17-4-3-13-28-17/h1-8,13-14H,9-12,15H2,(H,24,27). The number of pyridine rings is 1. The lowest BCUT2D eigenvalue weighted by Crippen LogP contribution is -2.47. The van der Waals surface area contributed by atoms with Gasteiger partial charge in [0.05, 0.1) is 24.1 Å². The van der Waals surface area contributed by atoms with Gasteiger partial charge < -0.3 is 19.5 Å². The predicted molar refractivity (Wildman–Crippen MR) is 105 cm³/mol. The average Bonchev–Trinajstić information content (AvgIpc) is 3.26. The molecule has 3 aromatic rings. The van der Waals surface area contributed by atoms with Gasteiger partial charge >= 0.3 is 0 Å². The Labute approximate surface area is 162 Å². The number of halogens is 1. The fourth-order valence-electron chi connectivity index (χ4n) is 3.27. The normalized spacial score (nSPS) is 14.2. The maximum absolute atomic E-state index is 14.0. The van der Waals surface area contributed by atoms with Crippen LogP contribution in [-0.4, -0.2) is 37.1 Å². The molecule has 28 heavy (non-hydrogen) atoms. The molecule has 1 N–H and O–H groups in total. The third-order valence-electron chi connectivity index (χ3n) is 4.81. The van der Waals surface area contributed by atoms with Crippen LogP contribution in [0.15, 0.2) is 65.4 Å². The summed E-state index contributed by atoms with van der Waals surface area (Å²) in [6.45, 7) is 3.25. The number of furan rings is 1. The minimum Gasteiger partial charge on any atom is -0.467 e. The molecular weight excluding hydrogens is 359 g/mol. The number of benzene rings is 1. The summed E-state index contributed by atoms with van der Waals surface area (Å²) >= 11 is 0. The quantitative estimate of drug-likeness (QED) is 0.737. The molecule has 1 fully saturated rings. The number of nitrogens with zero attached hydrogens (tertiary/aromatic N) is 3. The molecule has 3 heterocycles. The van der Waals surface area contributed by atoms with Crippen molar-refractivity contribution in [3.63, 3.8) is 0 Å². The molecular formula is C21H21FN4O2. The molecule has 1 saturated heterocycles. The van der Waals surface area contributed by atoms with E-state index in [1.807, 2.05) is 23.1 Å². The van der Waals surface area contributed by atoms with Crippen molar-refractivity contribution in [1.82, 2.24) is 10.3 Å². The van der Waals surface area contributed by atoms with Gasteiger partial charge in [-0.1, -0.05) is 12.1 Å². The number of carbonyl (C=O) groups is 1. The largest absolute Gasteiger partial charge is 0.467 e.